The van der Waals surface area contributed by atoms with Crippen molar-refractivity contribution in [1.29, 1.82) is 0 Å². The number of rotatable bonds is 6. The highest BCUT2D eigenvalue weighted by Crippen LogP contribution is 2.24. The Hall–Kier alpha value is -3.02. The SMILES string of the molecule is COc1ccc(N2CC(NC(=O)NCCc3ccccc3)CC2=O)cc1. The molecule has 0 aromatic heterocycles. The molecule has 2 aromatic carbocycles. The molecule has 136 valence electrons. The number of benzene rings is 2. The average Bonchev–Trinajstić information content (AvgIpc) is 3.02. The van der Waals surface area contributed by atoms with Gasteiger partial charge in [-0.3, -0.25) is 4.79 Å². The molecule has 2 aromatic rings. The van der Waals surface area contributed by atoms with Crippen molar-refractivity contribution in [2.45, 2.75) is 18.9 Å². The summed E-state index contributed by atoms with van der Waals surface area (Å²) in [5, 5.41) is 5.73. The molecule has 1 heterocycles. The van der Waals surface area contributed by atoms with E-state index in [1.54, 1.807) is 12.0 Å². The first kappa shape index (κ1) is 17.8. The molecule has 2 N–H and O–H groups in total. The van der Waals surface area contributed by atoms with Gasteiger partial charge in [0.25, 0.3) is 0 Å². The van der Waals surface area contributed by atoms with E-state index in [2.05, 4.69) is 10.6 Å². The number of carbonyl (C=O) groups is 2. The predicted molar refractivity (Wildman–Crippen MR) is 100 cm³/mol. The minimum Gasteiger partial charge on any atom is -0.497 e. The van der Waals surface area contributed by atoms with Crippen molar-refractivity contribution in [3.63, 3.8) is 0 Å². The van der Waals surface area contributed by atoms with Crippen molar-refractivity contribution in [2.24, 2.45) is 0 Å². The molecule has 3 rings (SSSR count). The molecule has 0 radical (unpaired) electrons. The maximum Gasteiger partial charge on any atom is 0.315 e. The number of urea groups is 1. The number of methoxy groups -OCH3 is 1. The van der Waals surface area contributed by atoms with Gasteiger partial charge in [-0.2, -0.15) is 0 Å². The van der Waals surface area contributed by atoms with Crippen LogP contribution in [0.5, 0.6) is 5.75 Å². The second-order valence-corrected chi connectivity index (χ2v) is 6.24. The second-order valence-electron chi connectivity index (χ2n) is 6.24. The highest BCUT2D eigenvalue weighted by molar-refractivity contribution is 5.96. The van der Waals surface area contributed by atoms with Gasteiger partial charge in [-0.25, -0.2) is 4.79 Å². The Labute approximate surface area is 153 Å². The maximum absolute atomic E-state index is 12.2. The fourth-order valence-corrected chi connectivity index (χ4v) is 3.02. The maximum atomic E-state index is 12.2. The van der Waals surface area contributed by atoms with Crippen molar-refractivity contribution >= 4 is 17.6 Å². The minimum atomic E-state index is -0.240. The van der Waals surface area contributed by atoms with Crippen LogP contribution in [0.2, 0.25) is 0 Å². The first-order chi connectivity index (χ1) is 12.7. The Kier molecular flexibility index (Phi) is 5.73. The summed E-state index contributed by atoms with van der Waals surface area (Å²) in [6.07, 6.45) is 1.08. The topological polar surface area (TPSA) is 70.7 Å². The summed E-state index contributed by atoms with van der Waals surface area (Å²) < 4.78 is 5.13. The Morgan fingerprint density at radius 2 is 1.88 bits per heavy atom. The molecule has 1 aliphatic heterocycles. The van der Waals surface area contributed by atoms with Crippen molar-refractivity contribution in [3.8, 4) is 5.75 Å². The minimum absolute atomic E-state index is 0.00440. The normalized spacial score (nSPS) is 16.4. The van der Waals surface area contributed by atoms with Gasteiger partial charge in [-0.1, -0.05) is 30.3 Å². The number of anilines is 1. The van der Waals surface area contributed by atoms with Gasteiger partial charge >= 0.3 is 6.03 Å². The molecule has 1 fully saturated rings. The van der Waals surface area contributed by atoms with Gasteiger partial charge in [0.2, 0.25) is 5.91 Å². The number of hydrogen-bond donors (Lipinski definition) is 2. The van der Waals surface area contributed by atoms with E-state index in [0.717, 1.165) is 17.9 Å². The molecule has 6 heteroatoms. The summed E-state index contributed by atoms with van der Waals surface area (Å²) in [4.78, 5) is 26.0. The molecule has 0 spiro atoms. The standard InChI is InChI=1S/C20H23N3O3/c1-26-18-9-7-17(8-10-18)23-14-16(13-19(23)24)22-20(25)21-12-11-15-5-3-2-4-6-15/h2-10,16H,11-14H2,1H3,(H2,21,22,25). The second kappa shape index (κ2) is 8.38. The summed E-state index contributed by atoms with van der Waals surface area (Å²) in [5.41, 5.74) is 1.99. The molecule has 1 unspecified atom stereocenters. The van der Waals surface area contributed by atoms with Crippen molar-refractivity contribution in [3.05, 3.63) is 60.2 Å². The fourth-order valence-electron chi connectivity index (χ4n) is 3.02. The van der Waals surface area contributed by atoms with Crippen LogP contribution in [0.15, 0.2) is 54.6 Å². The average molecular weight is 353 g/mol. The van der Waals surface area contributed by atoms with E-state index < -0.39 is 0 Å². The van der Waals surface area contributed by atoms with E-state index in [0.29, 0.717) is 19.5 Å². The van der Waals surface area contributed by atoms with Gasteiger partial charge in [0.05, 0.1) is 13.2 Å². The summed E-state index contributed by atoms with van der Waals surface area (Å²) in [6.45, 7) is 1.02. The number of nitrogens with one attached hydrogen (secondary N) is 2. The molecular formula is C20H23N3O3. The van der Waals surface area contributed by atoms with Crippen LogP contribution in [0.1, 0.15) is 12.0 Å². The van der Waals surface area contributed by atoms with Crippen molar-refractivity contribution in [1.82, 2.24) is 10.6 Å². The van der Waals surface area contributed by atoms with Gasteiger partial charge in [-0.15, -0.1) is 0 Å². The third-order valence-corrected chi connectivity index (χ3v) is 4.39. The summed E-state index contributed by atoms with van der Waals surface area (Å²) in [6, 6.07) is 16.9. The third-order valence-electron chi connectivity index (χ3n) is 4.39. The Morgan fingerprint density at radius 3 is 2.58 bits per heavy atom. The van der Waals surface area contributed by atoms with Crippen molar-refractivity contribution < 1.29 is 14.3 Å². The third kappa shape index (κ3) is 4.53. The highest BCUT2D eigenvalue weighted by atomic mass is 16.5. The molecule has 3 amide bonds. The van der Waals surface area contributed by atoms with Crippen LogP contribution >= 0.6 is 0 Å². The lowest BCUT2D eigenvalue weighted by Crippen LogP contribution is -2.43. The smallest absolute Gasteiger partial charge is 0.315 e. The lowest BCUT2D eigenvalue weighted by molar-refractivity contribution is -0.117. The molecule has 1 aliphatic rings. The summed E-state index contributed by atoms with van der Waals surface area (Å²) >= 11 is 0. The quantitative estimate of drug-likeness (QED) is 0.837. The number of amides is 3. The van der Waals surface area contributed by atoms with Gasteiger partial charge < -0.3 is 20.3 Å². The van der Waals surface area contributed by atoms with Crippen LogP contribution in [0.25, 0.3) is 0 Å². The lowest BCUT2D eigenvalue weighted by Gasteiger charge is -2.17. The largest absolute Gasteiger partial charge is 0.497 e. The Bertz CT molecular complexity index is 747. The van der Waals surface area contributed by atoms with E-state index in [-0.39, 0.29) is 18.0 Å². The summed E-state index contributed by atoms with van der Waals surface area (Å²) in [5.74, 6) is 0.748. The zero-order chi connectivity index (χ0) is 18.4. The number of carbonyl (C=O) groups excluding carboxylic acids is 2. The van der Waals surface area contributed by atoms with Crippen LogP contribution in [0, 0.1) is 0 Å². The van der Waals surface area contributed by atoms with Gasteiger partial charge in [0, 0.05) is 25.2 Å². The predicted octanol–water partition coefficient (Wildman–Crippen LogP) is 2.34. The van der Waals surface area contributed by atoms with Crippen LogP contribution in [-0.4, -0.2) is 38.2 Å². The first-order valence-corrected chi connectivity index (χ1v) is 8.68. The van der Waals surface area contributed by atoms with E-state index >= 15 is 0 Å². The number of hydrogen-bond acceptors (Lipinski definition) is 3. The van der Waals surface area contributed by atoms with Gasteiger partial charge in [-0.05, 0) is 36.2 Å². The van der Waals surface area contributed by atoms with Gasteiger partial charge in [0.15, 0.2) is 0 Å². The van der Waals surface area contributed by atoms with Crippen molar-refractivity contribution in [2.75, 3.05) is 25.1 Å². The van der Waals surface area contributed by atoms with E-state index in [9.17, 15) is 9.59 Å². The molecule has 26 heavy (non-hydrogen) atoms. The van der Waals surface area contributed by atoms with Crippen LogP contribution in [0.3, 0.4) is 0 Å². The van der Waals surface area contributed by atoms with Crippen LogP contribution < -0.4 is 20.3 Å². The Morgan fingerprint density at radius 1 is 1.15 bits per heavy atom. The molecular weight excluding hydrogens is 330 g/mol. The lowest BCUT2D eigenvalue weighted by atomic mass is 10.1. The number of ether oxygens (including phenoxy) is 1. The molecule has 1 atom stereocenters. The zero-order valence-electron chi connectivity index (χ0n) is 14.8. The first-order valence-electron chi connectivity index (χ1n) is 8.68. The zero-order valence-corrected chi connectivity index (χ0v) is 14.8. The number of nitrogens with zero attached hydrogens (tertiary/aromatic N) is 1. The van der Waals surface area contributed by atoms with Crippen LogP contribution in [0.4, 0.5) is 10.5 Å². The summed E-state index contributed by atoms with van der Waals surface area (Å²) in [7, 11) is 1.60. The molecule has 0 saturated carbocycles. The molecule has 0 aliphatic carbocycles. The monoisotopic (exact) mass is 353 g/mol. The fraction of sp³-hybridized carbons (Fsp3) is 0.300. The van der Waals surface area contributed by atoms with Crippen LogP contribution in [-0.2, 0) is 11.2 Å². The molecule has 1 saturated heterocycles. The van der Waals surface area contributed by atoms with E-state index in [1.165, 1.54) is 5.56 Å². The molecule has 6 nitrogen and oxygen atoms in total. The Balaban J connectivity index is 1.46. The van der Waals surface area contributed by atoms with E-state index in [1.807, 2.05) is 54.6 Å². The molecule has 0 bridgehead atoms. The highest BCUT2D eigenvalue weighted by Gasteiger charge is 2.31. The van der Waals surface area contributed by atoms with E-state index in [4.69, 9.17) is 4.74 Å². The van der Waals surface area contributed by atoms with Gasteiger partial charge in [0.1, 0.15) is 5.75 Å².